The van der Waals surface area contributed by atoms with Crippen molar-refractivity contribution >= 4 is 16.8 Å². The Balaban J connectivity index is 1.58. The van der Waals surface area contributed by atoms with E-state index in [2.05, 4.69) is 20.2 Å². The van der Waals surface area contributed by atoms with E-state index in [1.54, 1.807) is 6.20 Å². The van der Waals surface area contributed by atoms with Gasteiger partial charge in [-0.3, -0.25) is 19.9 Å². The molecule has 1 N–H and O–H groups in total. The monoisotopic (exact) mass is 321 g/mol. The summed E-state index contributed by atoms with van der Waals surface area (Å²) in [6.07, 6.45) is 5.57. The van der Waals surface area contributed by atoms with Crippen LogP contribution < -0.4 is 0 Å². The molecule has 0 radical (unpaired) electrons. The minimum Gasteiger partial charge on any atom is -0.337 e. The van der Waals surface area contributed by atoms with E-state index in [1.165, 1.54) is 0 Å². The van der Waals surface area contributed by atoms with Crippen molar-refractivity contribution < 1.29 is 4.79 Å². The molecule has 0 aliphatic carbocycles. The minimum atomic E-state index is -0.0160. The summed E-state index contributed by atoms with van der Waals surface area (Å²) in [4.78, 5) is 23.6. The second-order valence-corrected chi connectivity index (χ2v) is 6.29. The molecule has 4 rings (SSSR count). The SMILES string of the molecule is Cc1cncc(C2CCCN(C(=O)c3n[nH]c4ccccc34)C2)n1. The molecule has 1 atom stereocenters. The number of aromatic nitrogens is 4. The molecule has 6 nitrogen and oxygen atoms in total. The van der Waals surface area contributed by atoms with E-state index in [0.29, 0.717) is 12.2 Å². The Bertz CT molecular complexity index is 888. The van der Waals surface area contributed by atoms with Gasteiger partial charge in [-0.25, -0.2) is 0 Å². The Morgan fingerprint density at radius 1 is 1.29 bits per heavy atom. The van der Waals surface area contributed by atoms with Gasteiger partial charge >= 0.3 is 0 Å². The van der Waals surface area contributed by atoms with Crippen LogP contribution >= 0.6 is 0 Å². The van der Waals surface area contributed by atoms with Gasteiger partial charge in [-0.05, 0) is 25.8 Å². The molecule has 3 heterocycles. The number of hydrogen-bond donors (Lipinski definition) is 1. The van der Waals surface area contributed by atoms with E-state index >= 15 is 0 Å². The van der Waals surface area contributed by atoms with Crippen LogP contribution in [0.4, 0.5) is 0 Å². The van der Waals surface area contributed by atoms with Crippen molar-refractivity contribution in [2.24, 2.45) is 0 Å². The first kappa shape index (κ1) is 14.8. The summed E-state index contributed by atoms with van der Waals surface area (Å²) in [5.41, 5.74) is 3.27. The van der Waals surface area contributed by atoms with Crippen LogP contribution in [0.5, 0.6) is 0 Å². The molecule has 1 amide bonds. The topological polar surface area (TPSA) is 74.8 Å². The third-order valence-corrected chi connectivity index (χ3v) is 4.57. The summed E-state index contributed by atoms with van der Waals surface area (Å²) >= 11 is 0. The molecule has 3 aromatic rings. The number of piperidine rings is 1. The van der Waals surface area contributed by atoms with E-state index in [9.17, 15) is 4.79 Å². The standard InChI is InChI=1S/C18H19N5O/c1-12-9-19-10-16(20-12)13-5-4-8-23(11-13)18(24)17-14-6-2-3-7-15(14)21-22-17/h2-3,6-7,9-10,13H,4-5,8,11H2,1H3,(H,21,22). The quantitative estimate of drug-likeness (QED) is 0.787. The number of carbonyl (C=O) groups is 1. The molecule has 1 aliphatic heterocycles. The Labute approximate surface area is 139 Å². The Kier molecular flexibility index (Phi) is 3.72. The lowest BCUT2D eigenvalue weighted by atomic mass is 9.94. The van der Waals surface area contributed by atoms with Gasteiger partial charge in [0, 0.05) is 36.8 Å². The van der Waals surface area contributed by atoms with Crippen molar-refractivity contribution in [2.75, 3.05) is 13.1 Å². The molecule has 0 bridgehead atoms. The van der Waals surface area contributed by atoms with Gasteiger partial charge in [-0.2, -0.15) is 5.10 Å². The lowest BCUT2D eigenvalue weighted by molar-refractivity contribution is 0.0701. The molecule has 1 aromatic carbocycles. The maximum atomic E-state index is 12.9. The number of para-hydroxylation sites is 1. The van der Waals surface area contributed by atoms with E-state index < -0.39 is 0 Å². The number of aryl methyl sites for hydroxylation is 1. The molecule has 122 valence electrons. The van der Waals surface area contributed by atoms with Gasteiger partial charge in [0.25, 0.3) is 5.91 Å². The molecule has 1 fully saturated rings. The zero-order valence-electron chi connectivity index (χ0n) is 13.6. The smallest absolute Gasteiger partial charge is 0.275 e. The van der Waals surface area contributed by atoms with Crippen molar-refractivity contribution in [3.05, 3.63) is 53.7 Å². The highest BCUT2D eigenvalue weighted by molar-refractivity contribution is 6.04. The highest BCUT2D eigenvalue weighted by atomic mass is 16.2. The van der Waals surface area contributed by atoms with E-state index in [0.717, 1.165) is 41.7 Å². The molecule has 2 aromatic heterocycles. The van der Waals surface area contributed by atoms with Crippen molar-refractivity contribution in [1.29, 1.82) is 0 Å². The highest BCUT2D eigenvalue weighted by Gasteiger charge is 2.28. The average molecular weight is 321 g/mol. The van der Waals surface area contributed by atoms with Crippen molar-refractivity contribution in [2.45, 2.75) is 25.7 Å². The van der Waals surface area contributed by atoms with Crippen molar-refractivity contribution in [1.82, 2.24) is 25.1 Å². The van der Waals surface area contributed by atoms with Gasteiger partial charge in [0.1, 0.15) is 0 Å². The molecular weight excluding hydrogens is 302 g/mol. The summed E-state index contributed by atoms with van der Waals surface area (Å²) in [5.74, 6) is 0.220. The molecule has 1 unspecified atom stereocenters. The van der Waals surface area contributed by atoms with Gasteiger partial charge < -0.3 is 4.90 Å². The number of nitrogens with one attached hydrogen (secondary N) is 1. The molecule has 6 heteroatoms. The van der Waals surface area contributed by atoms with Crippen molar-refractivity contribution in [3.8, 4) is 0 Å². The first-order valence-electron chi connectivity index (χ1n) is 8.23. The van der Waals surface area contributed by atoms with Gasteiger partial charge in [0.2, 0.25) is 0 Å². The molecule has 1 saturated heterocycles. The van der Waals surface area contributed by atoms with E-state index in [1.807, 2.05) is 42.3 Å². The maximum absolute atomic E-state index is 12.9. The molecule has 0 spiro atoms. The van der Waals surface area contributed by atoms with Gasteiger partial charge in [0.05, 0.1) is 16.9 Å². The maximum Gasteiger partial charge on any atom is 0.275 e. The van der Waals surface area contributed by atoms with Crippen LogP contribution in [0.25, 0.3) is 10.9 Å². The van der Waals surface area contributed by atoms with Gasteiger partial charge in [-0.1, -0.05) is 18.2 Å². The number of rotatable bonds is 2. The van der Waals surface area contributed by atoms with Crippen molar-refractivity contribution in [3.63, 3.8) is 0 Å². The normalized spacial score (nSPS) is 18.0. The fraction of sp³-hybridized carbons (Fsp3) is 0.333. The Morgan fingerprint density at radius 2 is 2.17 bits per heavy atom. The number of likely N-dealkylation sites (tertiary alicyclic amines) is 1. The van der Waals surface area contributed by atoms with E-state index in [4.69, 9.17) is 0 Å². The van der Waals surface area contributed by atoms with Crippen LogP contribution in [0.2, 0.25) is 0 Å². The number of hydrogen-bond acceptors (Lipinski definition) is 4. The van der Waals surface area contributed by atoms with Crippen LogP contribution in [0.1, 0.15) is 40.6 Å². The summed E-state index contributed by atoms with van der Waals surface area (Å²) in [5, 5.41) is 8.05. The molecule has 0 saturated carbocycles. The zero-order chi connectivity index (χ0) is 16.5. The Hall–Kier alpha value is -2.76. The molecular formula is C18H19N5O. The zero-order valence-corrected chi connectivity index (χ0v) is 13.6. The number of nitrogens with zero attached hydrogens (tertiary/aromatic N) is 4. The number of aromatic amines is 1. The largest absolute Gasteiger partial charge is 0.337 e. The Morgan fingerprint density at radius 3 is 3.04 bits per heavy atom. The summed E-state index contributed by atoms with van der Waals surface area (Å²) in [7, 11) is 0. The summed E-state index contributed by atoms with van der Waals surface area (Å²) in [6.45, 7) is 3.37. The number of benzene rings is 1. The van der Waals surface area contributed by atoms with Crippen LogP contribution in [0, 0.1) is 6.92 Å². The number of H-pyrrole nitrogens is 1. The first-order chi connectivity index (χ1) is 11.7. The van der Waals surface area contributed by atoms with Gasteiger partial charge in [-0.15, -0.1) is 0 Å². The lowest BCUT2D eigenvalue weighted by Crippen LogP contribution is -2.39. The van der Waals surface area contributed by atoms with Crippen LogP contribution in [0.15, 0.2) is 36.7 Å². The lowest BCUT2D eigenvalue weighted by Gasteiger charge is -2.32. The van der Waals surface area contributed by atoms with Crippen LogP contribution in [-0.4, -0.2) is 44.1 Å². The first-order valence-corrected chi connectivity index (χ1v) is 8.23. The van der Waals surface area contributed by atoms with Crippen LogP contribution in [-0.2, 0) is 0 Å². The fourth-order valence-corrected chi connectivity index (χ4v) is 3.36. The second-order valence-electron chi connectivity index (χ2n) is 6.29. The summed E-state index contributed by atoms with van der Waals surface area (Å²) in [6, 6.07) is 7.72. The van der Waals surface area contributed by atoms with Gasteiger partial charge in [0.15, 0.2) is 5.69 Å². The predicted octanol–water partition coefficient (Wildman–Crippen LogP) is 2.68. The average Bonchev–Trinajstić information content (AvgIpc) is 3.05. The minimum absolute atomic E-state index is 0.0160. The molecule has 24 heavy (non-hydrogen) atoms. The van der Waals surface area contributed by atoms with Crippen LogP contribution in [0.3, 0.4) is 0 Å². The fourth-order valence-electron chi connectivity index (χ4n) is 3.36. The number of amides is 1. The third kappa shape index (κ3) is 2.64. The highest BCUT2D eigenvalue weighted by Crippen LogP contribution is 2.27. The number of carbonyl (C=O) groups excluding carboxylic acids is 1. The number of fused-ring (bicyclic) bond motifs is 1. The summed E-state index contributed by atoms with van der Waals surface area (Å²) < 4.78 is 0. The second kappa shape index (κ2) is 6.03. The molecule has 1 aliphatic rings. The van der Waals surface area contributed by atoms with E-state index in [-0.39, 0.29) is 11.8 Å². The third-order valence-electron chi connectivity index (χ3n) is 4.57. The predicted molar refractivity (Wildman–Crippen MR) is 90.7 cm³/mol.